The van der Waals surface area contributed by atoms with Crippen LogP contribution in [0, 0.1) is 24.7 Å². The Morgan fingerprint density at radius 3 is 2.28 bits per heavy atom. The van der Waals surface area contributed by atoms with Gasteiger partial charge < -0.3 is 25.7 Å². The number of imidazole rings is 1. The van der Waals surface area contributed by atoms with Crippen LogP contribution in [-0.2, 0) is 27.8 Å². The molecule has 11 nitrogen and oxygen atoms in total. The quantitative estimate of drug-likeness (QED) is 0.123. The zero-order valence-corrected chi connectivity index (χ0v) is 31.9. The molecule has 1 atom stereocenters. The van der Waals surface area contributed by atoms with Gasteiger partial charge in [-0.1, -0.05) is 30.3 Å². The monoisotopic (exact) mass is 723 g/mol. The van der Waals surface area contributed by atoms with Crippen LogP contribution in [0.3, 0.4) is 0 Å². The molecule has 4 aromatic rings. The van der Waals surface area contributed by atoms with Gasteiger partial charge in [-0.15, -0.1) is 0 Å². The molecule has 53 heavy (non-hydrogen) atoms. The van der Waals surface area contributed by atoms with Crippen LogP contribution in [0.15, 0.2) is 65.5 Å². The van der Waals surface area contributed by atoms with E-state index in [2.05, 4.69) is 20.9 Å². The summed E-state index contributed by atoms with van der Waals surface area (Å²) < 4.78 is 6.87. The molecule has 0 saturated heterocycles. The van der Waals surface area contributed by atoms with Crippen LogP contribution in [0.5, 0.6) is 0 Å². The first kappa shape index (κ1) is 39.0. The minimum atomic E-state index is -0.620. The van der Waals surface area contributed by atoms with Crippen molar-refractivity contribution < 1.29 is 23.9 Å². The molecule has 3 aromatic carbocycles. The highest BCUT2D eigenvalue weighted by Crippen LogP contribution is 2.32. The van der Waals surface area contributed by atoms with Crippen molar-refractivity contribution in [2.75, 3.05) is 11.9 Å². The number of aryl methyl sites for hydroxylation is 2. The molecule has 0 radical (unpaired) electrons. The van der Waals surface area contributed by atoms with Crippen molar-refractivity contribution in [2.45, 2.75) is 91.7 Å². The maximum atomic E-state index is 13.9. The van der Waals surface area contributed by atoms with Gasteiger partial charge in [0.05, 0.1) is 11.0 Å². The number of benzene rings is 3. The fourth-order valence-corrected chi connectivity index (χ4v) is 7.04. The number of aromatic amines is 1. The SMILES string of the molecule is Cc1cc(C(=O)NC(C)C)ccc1-c1ccc(C[C@H](CC(=O)C2CCC(CNC(=O)OC(C)(C)C)CC2)C(=O)Nc2ccc3c(c2)[nH]c(=O)n3C)cc1. The Morgan fingerprint density at radius 1 is 0.943 bits per heavy atom. The molecular formula is C42H53N5O6. The van der Waals surface area contributed by atoms with E-state index < -0.39 is 17.6 Å². The van der Waals surface area contributed by atoms with E-state index in [4.69, 9.17) is 4.74 Å². The maximum absolute atomic E-state index is 13.9. The number of carbonyl (C=O) groups is 4. The van der Waals surface area contributed by atoms with Gasteiger partial charge in [-0.2, -0.15) is 0 Å². The predicted octanol–water partition coefficient (Wildman–Crippen LogP) is 7.07. The second-order valence-corrected chi connectivity index (χ2v) is 15.7. The van der Waals surface area contributed by atoms with E-state index in [1.165, 1.54) is 4.57 Å². The van der Waals surface area contributed by atoms with Crippen molar-refractivity contribution in [3.05, 3.63) is 87.8 Å². The third-order valence-corrected chi connectivity index (χ3v) is 9.88. The van der Waals surface area contributed by atoms with E-state index in [1.807, 2.05) is 84.0 Å². The summed E-state index contributed by atoms with van der Waals surface area (Å²) in [5.74, 6) is -0.804. The minimum Gasteiger partial charge on any atom is -0.444 e. The summed E-state index contributed by atoms with van der Waals surface area (Å²) in [5, 5.41) is 8.79. The number of anilines is 1. The summed E-state index contributed by atoms with van der Waals surface area (Å²) in [7, 11) is 1.68. The number of carbonyl (C=O) groups excluding carboxylic acids is 4. The van der Waals surface area contributed by atoms with Crippen molar-refractivity contribution in [1.29, 1.82) is 0 Å². The number of nitrogens with zero attached hydrogens (tertiary/aromatic N) is 1. The van der Waals surface area contributed by atoms with Crippen LogP contribution in [0.25, 0.3) is 22.2 Å². The molecule has 282 valence electrons. The van der Waals surface area contributed by atoms with E-state index >= 15 is 0 Å². The molecule has 1 saturated carbocycles. The van der Waals surface area contributed by atoms with Gasteiger partial charge in [0.1, 0.15) is 11.4 Å². The van der Waals surface area contributed by atoms with E-state index in [1.54, 1.807) is 25.2 Å². The molecule has 0 unspecified atom stereocenters. The standard InChI is InChI=1S/C42H53N5O6/c1-25(2)44-38(49)31-16-18-34(26(3)20-31)29-12-8-27(9-13-29)21-32(39(50)45-33-17-19-36-35(23-33)46-40(51)47(36)7)22-37(48)30-14-10-28(11-15-30)24-43-41(52)53-42(4,5)6/h8-9,12-13,16-20,23,25,28,30,32H,10-11,14-15,21-22,24H2,1-7H3,(H,43,52)(H,44,49)(H,45,50)(H,46,51)/t28?,30?,32-/m1/s1. The van der Waals surface area contributed by atoms with Gasteiger partial charge in [0.25, 0.3) is 5.91 Å². The van der Waals surface area contributed by atoms with Crippen molar-refractivity contribution in [3.8, 4) is 11.1 Å². The van der Waals surface area contributed by atoms with Crippen LogP contribution in [-0.4, -0.2) is 51.4 Å². The summed E-state index contributed by atoms with van der Waals surface area (Å²) in [6.07, 6.45) is 3.06. The van der Waals surface area contributed by atoms with Gasteiger partial charge in [0.15, 0.2) is 0 Å². The number of amides is 3. The van der Waals surface area contributed by atoms with Crippen molar-refractivity contribution in [3.63, 3.8) is 0 Å². The number of alkyl carbamates (subject to hydrolysis) is 1. The van der Waals surface area contributed by atoms with Gasteiger partial charge in [-0.05, 0) is 132 Å². The molecule has 3 amide bonds. The van der Waals surface area contributed by atoms with E-state index in [-0.39, 0.29) is 47.6 Å². The lowest BCUT2D eigenvalue weighted by Gasteiger charge is -2.29. The van der Waals surface area contributed by atoms with E-state index in [9.17, 15) is 24.0 Å². The Bertz CT molecular complexity index is 2010. The molecule has 1 aromatic heterocycles. The van der Waals surface area contributed by atoms with Gasteiger partial charge >= 0.3 is 11.8 Å². The Morgan fingerprint density at radius 2 is 1.64 bits per heavy atom. The van der Waals surface area contributed by atoms with Crippen LogP contribution < -0.4 is 21.6 Å². The number of fused-ring (bicyclic) bond motifs is 1. The summed E-state index contributed by atoms with van der Waals surface area (Å²) >= 11 is 0. The van der Waals surface area contributed by atoms with Gasteiger partial charge in [0.2, 0.25) is 5.91 Å². The number of hydrogen-bond acceptors (Lipinski definition) is 6. The Labute approximate surface area is 311 Å². The molecule has 1 aliphatic carbocycles. The van der Waals surface area contributed by atoms with Crippen molar-refractivity contribution in [2.24, 2.45) is 24.8 Å². The predicted molar refractivity (Wildman–Crippen MR) is 208 cm³/mol. The lowest BCUT2D eigenvalue weighted by Crippen LogP contribution is -2.37. The van der Waals surface area contributed by atoms with E-state index in [0.29, 0.717) is 42.6 Å². The number of hydrogen-bond donors (Lipinski definition) is 4. The van der Waals surface area contributed by atoms with Gasteiger partial charge in [-0.3, -0.25) is 19.0 Å². The molecule has 4 N–H and O–H groups in total. The van der Waals surface area contributed by atoms with Gasteiger partial charge in [0, 0.05) is 49.1 Å². The fraction of sp³-hybridized carbons (Fsp3) is 0.452. The highest BCUT2D eigenvalue weighted by atomic mass is 16.6. The zero-order chi connectivity index (χ0) is 38.4. The Hall–Kier alpha value is -5.19. The third-order valence-electron chi connectivity index (χ3n) is 9.88. The van der Waals surface area contributed by atoms with Crippen molar-refractivity contribution >= 4 is 40.4 Å². The van der Waals surface area contributed by atoms with Crippen molar-refractivity contribution in [1.82, 2.24) is 20.2 Å². The molecule has 0 aliphatic heterocycles. The average Bonchev–Trinajstić information content (AvgIpc) is 3.38. The molecular weight excluding hydrogens is 670 g/mol. The largest absolute Gasteiger partial charge is 0.444 e. The third kappa shape index (κ3) is 10.5. The average molecular weight is 724 g/mol. The summed E-state index contributed by atoms with van der Waals surface area (Å²) in [4.78, 5) is 67.3. The molecule has 0 spiro atoms. The number of rotatable bonds is 12. The smallest absolute Gasteiger partial charge is 0.407 e. The molecule has 1 fully saturated rings. The second kappa shape index (κ2) is 16.7. The Balaban J connectivity index is 1.28. The number of nitrogens with one attached hydrogen (secondary N) is 4. The first-order chi connectivity index (χ1) is 25.1. The molecule has 1 heterocycles. The molecule has 1 aliphatic rings. The molecule has 11 heteroatoms. The topological polar surface area (TPSA) is 151 Å². The number of H-pyrrole nitrogens is 1. The number of ether oxygens (including phenoxy) is 1. The highest BCUT2D eigenvalue weighted by molar-refractivity contribution is 5.97. The number of Topliss-reactive ketones (excluding diaryl/α,β-unsaturated/α-hetero) is 1. The van der Waals surface area contributed by atoms with Gasteiger partial charge in [-0.25, -0.2) is 9.59 Å². The summed E-state index contributed by atoms with van der Waals surface area (Å²) in [5.41, 5.74) is 5.57. The number of ketones is 1. The first-order valence-electron chi connectivity index (χ1n) is 18.6. The fourth-order valence-electron chi connectivity index (χ4n) is 7.04. The molecule has 5 rings (SSSR count). The van der Waals surface area contributed by atoms with Crippen LogP contribution in [0.2, 0.25) is 0 Å². The lowest BCUT2D eigenvalue weighted by atomic mass is 9.77. The molecule has 0 bridgehead atoms. The summed E-state index contributed by atoms with van der Waals surface area (Å²) in [6.45, 7) is 11.8. The first-order valence-corrected chi connectivity index (χ1v) is 18.6. The van der Waals surface area contributed by atoms with E-state index in [0.717, 1.165) is 40.6 Å². The minimum absolute atomic E-state index is 0.0455. The van der Waals surface area contributed by atoms with Crippen LogP contribution in [0.1, 0.15) is 88.2 Å². The lowest BCUT2D eigenvalue weighted by molar-refractivity contribution is -0.129. The van der Waals surface area contributed by atoms with Crippen LogP contribution >= 0.6 is 0 Å². The number of aromatic nitrogens is 2. The second-order valence-electron chi connectivity index (χ2n) is 15.7. The summed E-state index contributed by atoms with van der Waals surface area (Å²) in [6, 6.07) is 19.0. The highest BCUT2D eigenvalue weighted by Gasteiger charge is 2.31. The normalized spacial score (nSPS) is 16.6. The Kier molecular flexibility index (Phi) is 12.3. The maximum Gasteiger partial charge on any atom is 0.407 e. The van der Waals surface area contributed by atoms with Crippen LogP contribution in [0.4, 0.5) is 10.5 Å². The zero-order valence-electron chi connectivity index (χ0n) is 31.9.